The molecule has 0 saturated carbocycles. The van der Waals surface area contributed by atoms with Gasteiger partial charge in [-0.1, -0.05) is 0 Å². The highest BCUT2D eigenvalue weighted by molar-refractivity contribution is 5.95. The van der Waals surface area contributed by atoms with Gasteiger partial charge in [-0.05, 0) is 25.0 Å². The van der Waals surface area contributed by atoms with Crippen molar-refractivity contribution in [2.45, 2.75) is 18.9 Å². The van der Waals surface area contributed by atoms with E-state index in [2.05, 4.69) is 0 Å². The first-order valence-corrected chi connectivity index (χ1v) is 5.89. The van der Waals surface area contributed by atoms with Crippen molar-refractivity contribution >= 4 is 5.91 Å². The number of halogens is 2. The number of benzene rings is 1. The highest BCUT2D eigenvalue weighted by atomic mass is 19.1. The van der Waals surface area contributed by atoms with Gasteiger partial charge in [-0.3, -0.25) is 4.79 Å². The standard InChI is InChI=1S/C13H12F2N2O2/c14-10-5-8(7-16)6-11(15)12(10)13(19)17-3-1-9(18)2-4-17/h5-6,9,18H,1-4H2. The molecule has 0 atom stereocenters. The second-order valence-electron chi connectivity index (χ2n) is 4.45. The Morgan fingerprint density at radius 3 is 2.32 bits per heavy atom. The number of nitrogens with zero attached hydrogens (tertiary/aromatic N) is 2. The molecule has 0 radical (unpaired) electrons. The Balaban J connectivity index is 2.27. The molecule has 1 aliphatic heterocycles. The Kier molecular flexibility index (Phi) is 3.76. The molecule has 100 valence electrons. The van der Waals surface area contributed by atoms with Gasteiger partial charge >= 0.3 is 0 Å². The van der Waals surface area contributed by atoms with Crippen molar-refractivity contribution < 1.29 is 18.7 Å². The maximum absolute atomic E-state index is 13.7. The molecular formula is C13H12F2N2O2. The van der Waals surface area contributed by atoms with E-state index in [1.54, 1.807) is 6.07 Å². The van der Waals surface area contributed by atoms with E-state index in [1.165, 1.54) is 4.90 Å². The highest BCUT2D eigenvalue weighted by Gasteiger charge is 2.27. The summed E-state index contributed by atoms with van der Waals surface area (Å²) in [4.78, 5) is 13.3. The van der Waals surface area contributed by atoms with E-state index >= 15 is 0 Å². The Bertz CT molecular complexity index is 523. The third-order valence-corrected chi connectivity index (χ3v) is 3.14. The maximum atomic E-state index is 13.7. The third kappa shape index (κ3) is 2.71. The van der Waals surface area contributed by atoms with Crippen LogP contribution in [0.4, 0.5) is 8.78 Å². The minimum absolute atomic E-state index is 0.166. The number of piperidine rings is 1. The van der Waals surface area contributed by atoms with Gasteiger partial charge in [-0.15, -0.1) is 0 Å². The predicted molar refractivity (Wildman–Crippen MR) is 62.2 cm³/mol. The van der Waals surface area contributed by atoms with Crippen LogP contribution in [0.5, 0.6) is 0 Å². The molecule has 0 spiro atoms. The number of carbonyl (C=O) groups excluding carboxylic acids is 1. The molecular weight excluding hydrogens is 254 g/mol. The second-order valence-corrected chi connectivity index (χ2v) is 4.45. The summed E-state index contributed by atoms with van der Waals surface area (Å²) in [6, 6.07) is 3.31. The van der Waals surface area contributed by atoms with E-state index in [4.69, 9.17) is 5.26 Å². The number of amides is 1. The zero-order valence-electron chi connectivity index (χ0n) is 10.1. The molecule has 19 heavy (non-hydrogen) atoms. The zero-order valence-corrected chi connectivity index (χ0v) is 10.1. The summed E-state index contributed by atoms with van der Waals surface area (Å²) in [6.07, 6.45) is 0.316. The number of aliphatic hydroxyl groups excluding tert-OH is 1. The molecule has 1 aromatic rings. The first kappa shape index (κ1) is 13.4. The van der Waals surface area contributed by atoms with Crippen molar-refractivity contribution in [3.8, 4) is 6.07 Å². The number of aliphatic hydroxyl groups is 1. The van der Waals surface area contributed by atoms with Crippen LogP contribution in [-0.4, -0.2) is 35.1 Å². The van der Waals surface area contributed by atoms with Crippen LogP contribution >= 0.6 is 0 Å². The number of hydrogen-bond acceptors (Lipinski definition) is 3. The molecule has 1 amide bonds. The second kappa shape index (κ2) is 5.33. The fourth-order valence-corrected chi connectivity index (χ4v) is 2.07. The van der Waals surface area contributed by atoms with Crippen molar-refractivity contribution in [1.82, 2.24) is 4.90 Å². The van der Waals surface area contributed by atoms with Crippen molar-refractivity contribution in [3.05, 3.63) is 34.9 Å². The van der Waals surface area contributed by atoms with Crippen molar-refractivity contribution in [2.75, 3.05) is 13.1 Å². The van der Waals surface area contributed by atoms with Crippen LogP contribution in [0.25, 0.3) is 0 Å². The summed E-state index contributed by atoms with van der Waals surface area (Å²) < 4.78 is 27.4. The topological polar surface area (TPSA) is 64.3 Å². The lowest BCUT2D eigenvalue weighted by Gasteiger charge is -2.29. The molecule has 0 bridgehead atoms. The van der Waals surface area contributed by atoms with E-state index in [0.29, 0.717) is 12.8 Å². The molecule has 1 heterocycles. The molecule has 1 fully saturated rings. The van der Waals surface area contributed by atoms with Crippen LogP contribution in [0.15, 0.2) is 12.1 Å². The van der Waals surface area contributed by atoms with Crippen LogP contribution in [0.3, 0.4) is 0 Å². The average Bonchev–Trinajstić information content (AvgIpc) is 2.38. The van der Waals surface area contributed by atoms with Crippen LogP contribution in [0.2, 0.25) is 0 Å². The normalized spacial score (nSPS) is 16.2. The van der Waals surface area contributed by atoms with Gasteiger partial charge < -0.3 is 10.0 Å². The molecule has 0 aromatic heterocycles. The lowest BCUT2D eigenvalue weighted by molar-refractivity contribution is 0.0538. The van der Waals surface area contributed by atoms with Crippen molar-refractivity contribution in [2.24, 2.45) is 0 Å². The largest absolute Gasteiger partial charge is 0.393 e. The van der Waals surface area contributed by atoms with Crippen molar-refractivity contribution in [3.63, 3.8) is 0 Å². The number of likely N-dealkylation sites (tertiary alicyclic amines) is 1. The van der Waals surface area contributed by atoms with E-state index in [0.717, 1.165) is 12.1 Å². The molecule has 6 heteroatoms. The minimum atomic E-state index is -1.03. The predicted octanol–water partition coefficient (Wildman–Crippen LogP) is 1.43. The molecule has 1 aliphatic rings. The summed E-state index contributed by atoms with van der Waals surface area (Å²) in [5.74, 6) is -2.81. The number of hydrogen-bond donors (Lipinski definition) is 1. The number of rotatable bonds is 1. The van der Waals surface area contributed by atoms with Crippen LogP contribution in [-0.2, 0) is 0 Å². The smallest absolute Gasteiger partial charge is 0.259 e. The molecule has 1 saturated heterocycles. The SMILES string of the molecule is N#Cc1cc(F)c(C(=O)N2CCC(O)CC2)c(F)c1. The first-order valence-electron chi connectivity index (χ1n) is 5.89. The molecule has 2 rings (SSSR count). The summed E-state index contributed by atoms with van der Waals surface area (Å²) >= 11 is 0. The maximum Gasteiger partial charge on any atom is 0.259 e. The Labute approximate surface area is 108 Å². The molecule has 0 unspecified atom stereocenters. The van der Waals surface area contributed by atoms with Gasteiger partial charge in [0.1, 0.15) is 17.2 Å². The van der Waals surface area contributed by atoms with E-state index in [-0.39, 0.29) is 18.7 Å². The van der Waals surface area contributed by atoms with Gasteiger partial charge in [0.2, 0.25) is 0 Å². The quantitative estimate of drug-likeness (QED) is 0.836. The monoisotopic (exact) mass is 266 g/mol. The van der Waals surface area contributed by atoms with E-state index < -0.39 is 29.2 Å². The Hall–Kier alpha value is -2.00. The van der Waals surface area contributed by atoms with E-state index in [9.17, 15) is 18.7 Å². The van der Waals surface area contributed by atoms with Gasteiger partial charge in [0.05, 0.1) is 17.7 Å². The lowest BCUT2D eigenvalue weighted by Crippen LogP contribution is -2.40. The summed E-state index contributed by atoms with van der Waals surface area (Å²) in [5, 5.41) is 17.9. The van der Waals surface area contributed by atoms with Crippen LogP contribution in [0, 0.1) is 23.0 Å². The van der Waals surface area contributed by atoms with Crippen molar-refractivity contribution in [1.29, 1.82) is 5.26 Å². The van der Waals surface area contributed by atoms with Gasteiger partial charge in [-0.2, -0.15) is 5.26 Å². The third-order valence-electron chi connectivity index (χ3n) is 3.14. The number of carbonyl (C=O) groups is 1. The van der Waals surface area contributed by atoms with E-state index in [1.807, 2.05) is 0 Å². The van der Waals surface area contributed by atoms with Gasteiger partial charge in [-0.25, -0.2) is 8.78 Å². The molecule has 4 nitrogen and oxygen atoms in total. The molecule has 1 aromatic carbocycles. The summed E-state index contributed by atoms with van der Waals surface area (Å²) in [5.41, 5.74) is -0.809. The summed E-state index contributed by atoms with van der Waals surface area (Å²) in [6.45, 7) is 0.526. The first-order chi connectivity index (χ1) is 9.02. The van der Waals surface area contributed by atoms with Gasteiger partial charge in [0.25, 0.3) is 5.91 Å². The van der Waals surface area contributed by atoms with Crippen LogP contribution < -0.4 is 0 Å². The lowest BCUT2D eigenvalue weighted by atomic mass is 10.0. The van der Waals surface area contributed by atoms with Gasteiger partial charge in [0.15, 0.2) is 0 Å². The fourth-order valence-electron chi connectivity index (χ4n) is 2.07. The van der Waals surface area contributed by atoms with Crippen LogP contribution in [0.1, 0.15) is 28.8 Å². The summed E-state index contributed by atoms with van der Waals surface area (Å²) in [7, 11) is 0. The fraction of sp³-hybridized carbons (Fsp3) is 0.385. The Morgan fingerprint density at radius 1 is 1.32 bits per heavy atom. The molecule has 1 N–H and O–H groups in total. The van der Waals surface area contributed by atoms with Gasteiger partial charge in [0, 0.05) is 13.1 Å². The average molecular weight is 266 g/mol. The zero-order chi connectivity index (χ0) is 14.0. The minimum Gasteiger partial charge on any atom is -0.393 e. The Morgan fingerprint density at radius 2 is 1.84 bits per heavy atom. The highest BCUT2D eigenvalue weighted by Crippen LogP contribution is 2.20. The number of nitriles is 1. The molecule has 0 aliphatic carbocycles.